The Morgan fingerprint density at radius 3 is 2.82 bits per heavy atom. The summed E-state index contributed by atoms with van der Waals surface area (Å²) in [5.41, 5.74) is 0. The first-order chi connectivity index (χ1) is 10.6. The van der Waals surface area contributed by atoms with Crippen LogP contribution in [0.25, 0.3) is 0 Å². The van der Waals surface area contributed by atoms with Crippen LogP contribution < -0.4 is 10.2 Å². The minimum Gasteiger partial charge on any atom is -0.356 e. The summed E-state index contributed by atoms with van der Waals surface area (Å²) in [7, 11) is 0. The second kappa shape index (κ2) is 8.58. The van der Waals surface area contributed by atoms with Gasteiger partial charge in [0.2, 0.25) is 5.91 Å². The molecule has 0 aromatic carbocycles. The van der Waals surface area contributed by atoms with Gasteiger partial charge in [0.1, 0.15) is 11.0 Å². The van der Waals surface area contributed by atoms with Crippen molar-refractivity contribution in [1.29, 1.82) is 0 Å². The van der Waals surface area contributed by atoms with Gasteiger partial charge in [0, 0.05) is 25.2 Å². The van der Waals surface area contributed by atoms with Gasteiger partial charge in [-0.2, -0.15) is 0 Å². The molecule has 1 aliphatic heterocycles. The highest BCUT2D eigenvalue weighted by Gasteiger charge is 2.15. The Kier molecular flexibility index (Phi) is 6.76. The lowest BCUT2D eigenvalue weighted by atomic mass is 10.1. The molecule has 1 amide bonds. The highest BCUT2D eigenvalue weighted by Crippen LogP contribution is 2.24. The summed E-state index contributed by atoms with van der Waals surface area (Å²) in [6.07, 6.45) is 4.55. The quantitative estimate of drug-likeness (QED) is 0.489. The van der Waals surface area contributed by atoms with Gasteiger partial charge >= 0.3 is 0 Å². The molecule has 1 atom stereocenters. The SMILES string of the molecule is CCC(C)NC(=O)CSc1nc(Cl)cc(N2CCCCC2)n1. The van der Waals surface area contributed by atoms with Gasteiger partial charge in [0.15, 0.2) is 5.16 Å². The molecule has 0 radical (unpaired) electrons. The number of piperidine rings is 1. The maximum absolute atomic E-state index is 11.8. The van der Waals surface area contributed by atoms with Crippen LogP contribution in [0.4, 0.5) is 5.82 Å². The van der Waals surface area contributed by atoms with Gasteiger partial charge in [-0.15, -0.1) is 0 Å². The predicted octanol–water partition coefficient (Wildman–Crippen LogP) is 3.13. The van der Waals surface area contributed by atoms with E-state index in [0.29, 0.717) is 16.1 Å². The van der Waals surface area contributed by atoms with Gasteiger partial charge in [0.05, 0.1) is 5.75 Å². The first kappa shape index (κ1) is 17.3. The lowest BCUT2D eigenvalue weighted by Crippen LogP contribution is -2.33. The molecule has 1 saturated heterocycles. The van der Waals surface area contributed by atoms with E-state index in [-0.39, 0.29) is 11.9 Å². The molecular formula is C15H23ClN4OS. The molecule has 1 unspecified atom stereocenters. The Hall–Kier alpha value is -1.01. The number of carbonyl (C=O) groups is 1. The molecule has 22 heavy (non-hydrogen) atoms. The normalized spacial score (nSPS) is 16.4. The van der Waals surface area contributed by atoms with Crippen LogP contribution in [0.15, 0.2) is 11.2 Å². The Morgan fingerprint density at radius 1 is 1.41 bits per heavy atom. The van der Waals surface area contributed by atoms with Crippen molar-refractivity contribution >= 4 is 35.1 Å². The lowest BCUT2D eigenvalue weighted by Gasteiger charge is -2.27. The molecule has 1 aliphatic rings. The minimum absolute atomic E-state index is 0.00227. The van der Waals surface area contributed by atoms with E-state index < -0.39 is 0 Å². The number of amides is 1. The molecule has 1 aromatic rings. The molecule has 7 heteroatoms. The summed E-state index contributed by atoms with van der Waals surface area (Å²) in [5.74, 6) is 1.18. The third kappa shape index (κ3) is 5.32. The van der Waals surface area contributed by atoms with Crippen LogP contribution in [0.2, 0.25) is 5.15 Å². The number of hydrogen-bond donors (Lipinski definition) is 1. The number of halogens is 1. The van der Waals surface area contributed by atoms with E-state index in [1.165, 1.54) is 31.0 Å². The number of carbonyl (C=O) groups excluding carboxylic acids is 1. The monoisotopic (exact) mass is 342 g/mol. The van der Waals surface area contributed by atoms with Gasteiger partial charge in [-0.1, -0.05) is 30.3 Å². The van der Waals surface area contributed by atoms with E-state index in [0.717, 1.165) is 25.3 Å². The Labute approximate surface area is 141 Å². The van der Waals surface area contributed by atoms with Crippen LogP contribution in [0.3, 0.4) is 0 Å². The molecule has 2 heterocycles. The van der Waals surface area contributed by atoms with Crippen LogP contribution in [0.1, 0.15) is 39.5 Å². The lowest BCUT2D eigenvalue weighted by molar-refractivity contribution is -0.119. The van der Waals surface area contributed by atoms with Crippen LogP contribution >= 0.6 is 23.4 Å². The number of thioether (sulfide) groups is 1. The fraction of sp³-hybridized carbons (Fsp3) is 0.667. The molecule has 0 aliphatic carbocycles. The molecule has 1 fully saturated rings. The summed E-state index contributed by atoms with van der Waals surface area (Å²) in [5, 5.41) is 3.93. The molecule has 122 valence electrons. The molecular weight excluding hydrogens is 320 g/mol. The van der Waals surface area contributed by atoms with Crippen LogP contribution in [0.5, 0.6) is 0 Å². The topological polar surface area (TPSA) is 58.1 Å². The first-order valence-electron chi connectivity index (χ1n) is 7.80. The van der Waals surface area contributed by atoms with Crippen molar-refractivity contribution < 1.29 is 4.79 Å². The average Bonchev–Trinajstić information content (AvgIpc) is 2.53. The minimum atomic E-state index is 0.00227. The van der Waals surface area contributed by atoms with Gasteiger partial charge in [0.25, 0.3) is 0 Å². The van der Waals surface area contributed by atoms with E-state index in [2.05, 4.69) is 20.2 Å². The maximum atomic E-state index is 11.8. The molecule has 5 nitrogen and oxygen atoms in total. The summed E-state index contributed by atoms with van der Waals surface area (Å²) in [6, 6.07) is 1.99. The van der Waals surface area contributed by atoms with Crippen molar-refractivity contribution in [2.45, 2.75) is 50.7 Å². The zero-order chi connectivity index (χ0) is 15.9. The van der Waals surface area contributed by atoms with Gasteiger partial charge in [-0.25, -0.2) is 9.97 Å². The van der Waals surface area contributed by atoms with E-state index in [4.69, 9.17) is 11.6 Å². The molecule has 1 aromatic heterocycles. The predicted molar refractivity (Wildman–Crippen MR) is 91.7 cm³/mol. The van der Waals surface area contributed by atoms with E-state index in [9.17, 15) is 4.79 Å². The Morgan fingerprint density at radius 2 is 2.14 bits per heavy atom. The fourth-order valence-corrected chi connectivity index (χ4v) is 3.18. The summed E-state index contributed by atoms with van der Waals surface area (Å²) >= 11 is 7.43. The van der Waals surface area contributed by atoms with Crippen LogP contribution in [0, 0.1) is 0 Å². The second-order valence-corrected chi connectivity index (χ2v) is 6.87. The number of hydrogen-bond acceptors (Lipinski definition) is 5. The largest absolute Gasteiger partial charge is 0.356 e. The third-order valence-electron chi connectivity index (χ3n) is 3.69. The van der Waals surface area contributed by atoms with Crippen molar-refractivity contribution in [2.75, 3.05) is 23.7 Å². The zero-order valence-electron chi connectivity index (χ0n) is 13.1. The number of nitrogens with one attached hydrogen (secondary N) is 1. The molecule has 0 saturated carbocycles. The number of aromatic nitrogens is 2. The number of rotatable bonds is 6. The average molecular weight is 343 g/mol. The van der Waals surface area contributed by atoms with E-state index in [1.807, 2.05) is 13.8 Å². The summed E-state index contributed by atoms with van der Waals surface area (Å²) in [4.78, 5) is 22.8. The van der Waals surface area contributed by atoms with Gasteiger partial charge in [-0.05, 0) is 32.6 Å². The smallest absolute Gasteiger partial charge is 0.230 e. The zero-order valence-corrected chi connectivity index (χ0v) is 14.7. The Bertz CT molecular complexity index is 508. The first-order valence-corrected chi connectivity index (χ1v) is 9.16. The van der Waals surface area contributed by atoms with E-state index >= 15 is 0 Å². The van der Waals surface area contributed by atoms with E-state index in [1.54, 1.807) is 6.07 Å². The van der Waals surface area contributed by atoms with Crippen LogP contribution in [-0.4, -0.2) is 40.8 Å². The standard InChI is InChI=1S/C15H23ClN4OS/c1-3-11(2)17-14(21)10-22-15-18-12(16)9-13(19-15)20-7-5-4-6-8-20/h9,11H,3-8,10H2,1-2H3,(H,17,21). The molecule has 0 bridgehead atoms. The fourth-order valence-electron chi connectivity index (χ4n) is 2.28. The van der Waals surface area contributed by atoms with Crippen molar-refractivity contribution in [2.24, 2.45) is 0 Å². The Balaban J connectivity index is 1.96. The summed E-state index contributed by atoms with van der Waals surface area (Å²) < 4.78 is 0. The third-order valence-corrected chi connectivity index (χ3v) is 4.73. The maximum Gasteiger partial charge on any atom is 0.230 e. The van der Waals surface area contributed by atoms with Gasteiger partial charge in [-0.3, -0.25) is 4.79 Å². The van der Waals surface area contributed by atoms with Crippen molar-refractivity contribution in [3.05, 3.63) is 11.2 Å². The van der Waals surface area contributed by atoms with Crippen molar-refractivity contribution in [1.82, 2.24) is 15.3 Å². The van der Waals surface area contributed by atoms with Gasteiger partial charge < -0.3 is 10.2 Å². The molecule has 2 rings (SSSR count). The summed E-state index contributed by atoms with van der Waals surface area (Å²) in [6.45, 7) is 6.05. The molecule has 1 N–H and O–H groups in total. The van der Waals surface area contributed by atoms with Crippen LogP contribution in [-0.2, 0) is 4.79 Å². The highest BCUT2D eigenvalue weighted by atomic mass is 35.5. The van der Waals surface area contributed by atoms with Crippen molar-refractivity contribution in [3.63, 3.8) is 0 Å². The van der Waals surface area contributed by atoms with Crippen molar-refractivity contribution in [3.8, 4) is 0 Å². The second-order valence-electron chi connectivity index (χ2n) is 5.54. The highest BCUT2D eigenvalue weighted by molar-refractivity contribution is 7.99. The number of nitrogens with zero attached hydrogens (tertiary/aromatic N) is 3. The molecule has 0 spiro atoms. The number of anilines is 1.